The summed E-state index contributed by atoms with van der Waals surface area (Å²) < 4.78 is 18.0. The van der Waals surface area contributed by atoms with E-state index in [1.54, 1.807) is 6.07 Å². The van der Waals surface area contributed by atoms with Crippen molar-refractivity contribution in [2.24, 2.45) is 0 Å². The molecule has 1 atom stereocenters. The highest BCUT2D eigenvalue weighted by atomic mass is 19.1. The second kappa shape index (κ2) is 3.92. The highest BCUT2D eigenvalue weighted by molar-refractivity contribution is 5.39. The van der Waals surface area contributed by atoms with E-state index in [1.165, 1.54) is 19.2 Å². The third kappa shape index (κ3) is 1.79. The van der Waals surface area contributed by atoms with E-state index in [1.807, 2.05) is 5.92 Å². The first-order valence-electron chi connectivity index (χ1n) is 3.67. The summed E-state index contributed by atoms with van der Waals surface area (Å²) in [5, 5.41) is 9.27. The number of ether oxygens (including phenoxy) is 1. The lowest BCUT2D eigenvalue weighted by Crippen LogP contribution is -2.01. The third-order valence-electron chi connectivity index (χ3n) is 1.66. The molecule has 13 heavy (non-hydrogen) atoms. The van der Waals surface area contributed by atoms with Crippen LogP contribution >= 0.6 is 0 Å². The topological polar surface area (TPSA) is 29.5 Å². The van der Waals surface area contributed by atoms with E-state index < -0.39 is 11.9 Å². The summed E-state index contributed by atoms with van der Waals surface area (Å²) in [5.74, 6) is 1.72. The molecule has 68 valence electrons. The van der Waals surface area contributed by atoms with Gasteiger partial charge in [0.2, 0.25) is 0 Å². The smallest absolute Gasteiger partial charge is 0.146 e. The van der Waals surface area contributed by atoms with Gasteiger partial charge in [0.05, 0.1) is 12.7 Å². The standard InChI is InChI=1S/C10H9FO2/c1-3-8(12)10-7(11)5-4-6-9(10)13-2/h1,4-6,8,12H,2H3/t8-/m1/s1. The molecule has 1 N–H and O–H groups in total. The van der Waals surface area contributed by atoms with E-state index in [9.17, 15) is 9.50 Å². The molecule has 0 saturated heterocycles. The number of benzene rings is 1. The van der Waals surface area contributed by atoms with Gasteiger partial charge in [0.25, 0.3) is 0 Å². The Kier molecular flexibility index (Phi) is 2.88. The molecule has 0 spiro atoms. The lowest BCUT2D eigenvalue weighted by molar-refractivity contribution is 0.226. The highest BCUT2D eigenvalue weighted by Gasteiger charge is 2.15. The fraction of sp³-hybridized carbons (Fsp3) is 0.200. The molecule has 0 aliphatic carbocycles. The van der Waals surface area contributed by atoms with Crippen LogP contribution < -0.4 is 4.74 Å². The maximum atomic E-state index is 13.1. The van der Waals surface area contributed by atoms with Crippen molar-refractivity contribution < 1.29 is 14.2 Å². The second-order valence-corrected chi connectivity index (χ2v) is 2.42. The van der Waals surface area contributed by atoms with E-state index in [0.717, 1.165) is 0 Å². The van der Waals surface area contributed by atoms with Gasteiger partial charge in [0.1, 0.15) is 17.7 Å². The fourth-order valence-electron chi connectivity index (χ4n) is 1.04. The Morgan fingerprint density at radius 3 is 2.85 bits per heavy atom. The number of hydrogen-bond donors (Lipinski definition) is 1. The molecule has 2 nitrogen and oxygen atoms in total. The average molecular weight is 180 g/mol. The Hall–Kier alpha value is -1.53. The summed E-state index contributed by atoms with van der Waals surface area (Å²) in [7, 11) is 1.39. The van der Waals surface area contributed by atoms with Crippen molar-refractivity contribution in [3.63, 3.8) is 0 Å². The van der Waals surface area contributed by atoms with Crippen molar-refractivity contribution in [2.75, 3.05) is 7.11 Å². The van der Waals surface area contributed by atoms with Gasteiger partial charge in [0.15, 0.2) is 0 Å². The monoisotopic (exact) mass is 180 g/mol. The van der Waals surface area contributed by atoms with E-state index in [0.29, 0.717) is 0 Å². The number of aliphatic hydroxyl groups excluding tert-OH is 1. The van der Waals surface area contributed by atoms with Gasteiger partial charge in [-0.1, -0.05) is 12.0 Å². The average Bonchev–Trinajstić information content (AvgIpc) is 2.16. The Balaban J connectivity index is 3.24. The summed E-state index contributed by atoms with van der Waals surface area (Å²) >= 11 is 0. The quantitative estimate of drug-likeness (QED) is 0.699. The van der Waals surface area contributed by atoms with Crippen LogP contribution in [0, 0.1) is 18.2 Å². The van der Waals surface area contributed by atoms with E-state index in [2.05, 4.69) is 0 Å². The molecule has 0 aliphatic heterocycles. The number of methoxy groups -OCH3 is 1. The normalized spacial score (nSPS) is 11.8. The first-order chi connectivity index (χ1) is 6.20. The molecule has 0 fully saturated rings. The molecule has 0 aliphatic rings. The van der Waals surface area contributed by atoms with Gasteiger partial charge >= 0.3 is 0 Å². The molecular weight excluding hydrogens is 171 g/mol. The van der Waals surface area contributed by atoms with Crippen molar-refractivity contribution in [3.05, 3.63) is 29.6 Å². The lowest BCUT2D eigenvalue weighted by atomic mass is 10.1. The van der Waals surface area contributed by atoms with Crippen LogP contribution in [-0.2, 0) is 0 Å². The van der Waals surface area contributed by atoms with Crippen LogP contribution in [0.15, 0.2) is 18.2 Å². The van der Waals surface area contributed by atoms with Crippen LogP contribution in [0.25, 0.3) is 0 Å². The number of rotatable bonds is 2. The number of terminal acetylenes is 1. The van der Waals surface area contributed by atoms with Crippen LogP contribution in [0.2, 0.25) is 0 Å². The molecule has 1 rings (SSSR count). The van der Waals surface area contributed by atoms with E-state index >= 15 is 0 Å². The van der Waals surface area contributed by atoms with Gasteiger partial charge < -0.3 is 9.84 Å². The Labute approximate surface area is 76.0 Å². The summed E-state index contributed by atoms with van der Waals surface area (Å²) in [6.45, 7) is 0. The highest BCUT2D eigenvalue weighted by Crippen LogP contribution is 2.26. The predicted molar refractivity (Wildman–Crippen MR) is 46.7 cm³/mol. The minimum Gasteiger partial charge on any atom is -0.496 e. The fourth-order valence-corrected chi connectivity index (χ4v) is 1.04. The Bertz CT molecular complexity index is 341. The molecule has 1 aromatic carbocycles. The summed E-state index contributed by atoms with van der Waals surface area (Å²) in [6, 6.07) is 4.25. The van der Waals surface area contributed by atoms with Gasteiger partial charge in [-0.3, -0.25) is 0 Å². The SMILES string of the molecule is C#C[C@@H](O)c1c(F)cccc1OC. The summed E-state index contributed by atoms with van der Waals surface area (Å²) in [4.78, 5) is 0. The van der Waals surface area contributed by atoms with Crippen LogP contribution in [0.1, 0.15) is 11.7 Å². The maximum Gasteiger partial charge on any atom is 0.146 e. The Morgan fingerprint density at radius 1 is 1.62 bits per heavy atom. The zero-order valence-electron chi connectivity index (χ0n) is 7.12. The minimum absolute atomic E-state index is 0.00694. The van der Waals surface area contributed by atoms with Gasteiger partial charge in [-0.05, 0) is 12.1 Å². The third-order valence-corrected chi connectivity index (χ3v) is 1.66. The van der Waals surface area contributed by atoms with Crippen molar-refractivity contribution in [2.45, 2.75) is 6.10 Å². The van der Waals surface area contributed by atoms with Crippen molar-refractivity contribution in [1.82, 2.24) is 0 Å². The van der Waals surface area contributed by atoms with Crippen LogP contribution in [-0.4, -0.2) is 12.2 Å². The predicted octanol–water partition coefficient (Wildman–Crippen LogP) is 1.50. The summed E-state index contributed by atoms with van der Waals surface area (Å²) in [5.41, 5.74) is 0.00694. The molecule has 0 saturated carbocycles. The molecule has 1 aromatic rings. The van der Waals surface area contributed by atoms with E-state index in [4.69, 9.17) is 11.2 Å². The van der Waals surface area contributed by atoms with Gasteiger partial charge in [0, 0.05) is 0 Å². The first kappa shape index (κ1) is 9.56. The number of halogens is 1. The minimum atomic E-state index is -1.27. The van der Waals surface area contributed by atoms with Crippen molar-refractivity contribution >= 4 is 0 Å². The number of hydrogen-bond acceptors (Lipinski definition) is 2. The molecule has 0 amide bonds. The molecule has 0 radical (unpaired) electrons. The summed E-state index contributed by atoms with van der Waals surface area (Å²) in [6.07, 6.45) is 3.71. The van der Waals surface area contributed by atoms with Gasteiger partial charge in [-0.15, -0.1) is 6.42 Å². The molecule has 0 bridgehead atoms. The molecule has 3 heteroatoms. The van der Waals surface area contributed by atoms with Gasteiger partial charge in [-0.2, -0.15) is 0 Å². The molecular formula is C10H9FO2. The van der Waals surface area contributed by atoms with Crippen molar-refractivity contribution in [1.29, 1.82) is 0 Å². The largest absolute Gasteiger partial charge is 0.496 e. The van der Waals surface area contributed by atoms with Crippen molar-refractivity contribution in [3.8, 4) is 18.1 Å². The van der Waals surface area contributed by atoms with E-state index in [-0.39, 0.29) is 11.3 Å². The Morgan fingerprint density at radius 2 is 2.31 bits per heavy atom. The number of aliphatic hydroxyl groups is 1. The van der Waals surface area contributed by atoms with Crippen LogP contribution in [0.4, 0.5) is 4.39 Å². The lowest BCUT2D eigenvalue weighted by Gasteiger charge is -2.10. The van der Waals surface area contributed by atoms with Crippen LogP contribution in [0.3, 0.4) is 0 Å². The molecule has 0 unspecified atom stereocenters. The van der Waals surface area contributed by atoms with Gasteiger partial charge in [-0.25, -0.2) is 4.39 Å². The first-order valence-corrected chi connectivity index (χ1v) is 3.67. The maximum absolute atomic E-state index is 13.1. The van der Waals surface area contributed by atoms with Crippen LogP contribution in [0.5, 0.6) is 5.75 Å². The zero-order chi connectivity index (χ0) is 9.84. The zero-order valence-corrected chi connectivity index (χ0v) is 7.12. The molecule has 0 aromatic heterocycles. The second-order valence-electron chi connectivity index (χ2n) is 2.42. The molecule has 0 heterocycles.